The molecule has 1 N–H and O–H groups in total. The van der Waals surface area contributed by atoms with E-state index in [0.717, 1.165) is 19.3 Å². The van der Waals surface area contributed by atoms with Crippen LogP contribution in [0, 0.1) is 5.92 Å². The van der Waals surface area contributed by atoms with E-state index in [9.17, 15) is 4.79 Å². The molecule has 0 aromatic carbocycles. The van der Waals surface area contributed by atoms with E-state index in [2.05, 4.69) is 12.2 Å². The number of carbonyl (C=O) groups is 1. The largest absolute Gasteiger partial charge is 0.465 e. The number of ether oxygens (including phenoxy) is 2. The summed E-state index contributed by atoms with van der Waals surface area (Å²) < 4.78 is 10.4. The summed E-state index contributed by atoms with van der Waals surface area (Å²) in [5.41, 5.74) is 0. The van der Waals surface area contributed by atoms with Crippen LogP contribution in [0.15, 0.2) is 0 Å². The van der Waals surface area contributed by atoms with Crippen LogP contribution in [0.5, 0.6) is 0 Å². The third kappa shape index (κ3) is 3.80. The lowest BCUT2D eigenvalue weighted by Crippen LogP contribution is -2.37. The van der Waals surface area contributed by atoms with Crippen molar-refractivity contribution in [1.29, 1.82) is 0 Å². The summed E-state index contributed by atoms with van der Waals surface area (Å²) in [4.78, 5) is 11.6. The predicted molar refractivity (Wildman–Crippen MR) is 57.6 cm³/mol. The Labute approximate surface area is 91.3 Å². The summed E-state index contributed by atoms with van der Waals surface area (Å²) in [5.74, 6) is -0.250. The van der Waals surface area contributed by atoms with E-state index >= 15 is 0 Å². The molecule has 1 fully saturated rings. The minimum Gasteiger partial charge on any atom is -0.465 e. The van der Waals surface area contributed by atoms with E-state index in [4.69, 9.17) is 9.47 Å². The number of unbranched alkanes of at least 4 members (excludes halogenated alkanes) is 2. The lowest BCUT2D eigenvalue weighted by Gasteiger charge is -2.15. The Bertz CT molecular complexity index is 196. The van der Waals surface area contributed by atoms with E-state index in [1.807, 2.05) is 7.05 Å². The van der Waals surface area contributed by atoms with Crippen LogP contribution in [0.2, 0.25) is 0 Å². The molecule has 0 saturated carbocycles. The number of rotatable bonds is 6. The molecule has 0 aromatic rings. The molecule has 4 heteroatoms. The monoisotopic (exact) mass is 215 g/mol. The lowest BCUT2D eigenvalue weighted by molar-refractivity contribution is -0.149. The minimum atomic E-state index is -0.128. The average Bonchev–Trinajstić information content (AvgIpc) is 2.72. The molecule has 0 aliphatic carbocycles. The Balaban J connectivity index is 2.21. The van der Waals surface area contributed by atoms with Gasteiger partial charge < -0.3 is 14.8 Å². The maximum Gasteiger partial charge on any atom is 0.312 e. The highest BCUT2D eigenvalue weighted by molar-refractivity contribution is 5.73. The van der Waals surface area contributed by atoms with Crippen molar-refractivity contribution in [2.75, 3.05) is 26.9 Å². The van der Waals surface area contributed by atoms with Crippen LogP contribution in [0.3, 0.4) is 0 Å². The normalized spacial score (nSPS) is 25.5. The third-order valence-corrected chi connectivity index (χ3v) is 2.75. The lowest BCUT2D eigenvalue weighted by atomic mass is 10.0. The van der Waals surface area contributed by atoms with Gasteiger partial charge in [0.2, 0.25) is 0 Å². The number of hydrogen-bond acceptors (Lipinski definition) is 4. The van der Waals surface area contributed by atoms with Crippen molar-refractivity contribution in [1.82, 2.24) is 5.32 Å². The van der Waals surface area contributed by atoms with Crippen molar-refractivity contribution in [3.63, 3.8) is 0 Å². The van der Waals surface area contributed by atoms with Gasteiger partial charge in [0.15, 0.2) is 0 Å². The fourth-order valence-electron chi connectivity index (χ4n) is 1.70. The number of esters is 1. The van der Waals surface area contributed by atoms with Gasteiger partial charge in [-0.25, -0.2) is 0 Å². The smallest absolute Gasteiger partial charge is 0.312 e. The summed E-state index contributed by atoms with van der Waals surface area (Å²) in [6, 6.07) is 0.115. The molecule has 0 spiro atoms. The maximum absolute atomic E-state index is 11.6. The van der Waals surface area contributed by atoms with Crippen molar-refractivity contribution in [2.45, 2.75) is 32.2 Å². The first-order chi connectivity index (χ1) is 7.29. The molecular weight excluding hydrogens is 194 g/mol. The van der Waals surface area contributed by atoms with Crippen molar-refractivity contribution in [2.24, 2.45) is 5.92 Å². The van der Waals surface area contributed by atoms with Crippen LogP contribution in [0.4, 0.5) is 0 Å². The van der Waals surface area contributed by atoms with Gasteiger partial charge in [-0.15, -0.1) is 0 Å². The molecule has 2 unspecified atom stereocenters. The van der Waals surface area contributed by atoms with Crippen LogP contribution in [-0.2, 0) is 14.3 Å². The first kappa shape index (κ1) is 12.5. The molecule has 1 aliphatic rings. The van der Waals surface area contributed by atoms with Gasteiger partial charge in [0.1, 0.15) is 0 Å². The van der Waals surface area contributed by atoms with Gasteiger partial charge in [-0.1, -0.05) is 19.8 Å². The van der Waals surface area contributed by atoms with Gasteiger partial charge in [0, 0.05) is 6.04 Å². The summed E-state index contributed by atoms with van der Waals surface area (Å²) >= 11 is 0. The van der Waals surface area contributed by atoms with Gasteiger partial charge in [-0.05, 0) is 13.5 Å². The van der Waals surface area contributed by atoms with Gasteiger partial charge in [0.05, 0.1) is 25.7 Å². The van der Waals surface area contributed by atoms with Gasteiger partial charge >= 0.3 is 5.97 Å². The van der Waals surface area contributed by atoms with E-state index in [1.54, 1.807) is 0 Å². The standard InChI is InChI=1S/C11H21NO3/c1-3-4-5-6-15-11(13)9-7-14-8-10(9)12-2/h9-10,12H,3-8H2,1-2H3. The zero-order valence-electron chi connectivity index (χ0n) is 9.62. The Kier molecular flexibility index (Phi) is 5.65. The Morgan fingerprint density at radius 3 is 2.93 bits per heavy atom. The molecule has 4 nitrogen and oxygen atoms in total. The molecule has 15 heavy (non-hydrogen) atoms. The molecule has 0 amide bonds. The predicted octanol–water partition coefficient (Wildman–Crippen LogP) is 0.954. The van der Waals surface area contributed by atoms with Crippen LogP contribution >= 0.6 is 0 Å². The maximum atomic E-state index is 11.6. The number of hydrogen-bond donors (Lipinski definition) is 1. The molecule has 1 aliphatic heterocycles. The molecule has 1 rings (SSSR count). The van der Waals surface area contributed by atoms with E-state index < -0.39 is 0 Å². The Morgan fingerprint density at radius 1 is 1.47 bits per heavy atom. The summed E-state index contributed by atoms with van der Waals surface area (Å²) in [5, 5.41) is 3.07. The number of likely N-dealkylation sites (N-methyl/N-ethyl adjacent to an activating group) is 1. The molecule has 1 heterocycles. The second-order valence-electron chi connectivity index (χ2n) is 3.91. The minimum absolute atomic E-state index is 0.115. The highest BCUT2D eigenvalue weighted by Crippen LogP contribution is 2.15. The van der Waals surface area contributed by atoms with Gasteiger partial charge in [0.25, 0.3) is 0 Å². The van der Waals surface area contributed by atoms with Crippen molar-refractivity contribution >= 4 is 5.97 Å². The second kappa shape index (κ2) is 6.80. The van der Waals surface area contributed by atoms with Crippen LogP contribution < -0.4 is 5.32 Å². The van der Waals surface area contributed by atoms with Crippen LogP contribution in [-0.4, -0.2) is 38.9 Å². The Hall–Kier alpha value is -0.610. The highest BCUT2D eigenvalue weighted by atomic mass is 16.5. The summed E-state index contributed by atoms with van der Waals surface area (Å²) in [6.07, 6.45) is 3.22. The molecule has 0 aromatic heterocycles. The fraction of sp³-hybridized carbons (Fsp3) is 0.909. The third-order valence-electron chi connectivity index (χ3n) is 2.75. The Morgan fingerprint density at radius 2 is 2.27 bits per heavy atom. The summed E-state index contributed by atoms with van der Waals surface area (Å²) in [7, 11) is 1.84. The molecule has 2 atom stereocenters. The van der Waals surface area contributed by atoms with Gasteiger partial charge in [-0.3, -0.25) is 4.79 Å². The van der Waals surface area contributed by atoms with Crippen molar-refractivity contribution in [3.8, 4) is 0 Å². The first-order valence-corrected chi connectivity index (χ1v) is 5.71. The molecular formula is C11H21NO3. The number of carbonyl (C=O) groups excluding carboxylic acids is 1. The SMILES string of the molecule is CCCCCOC(=O)C1COCC1NC. The van der Waals surface area contributed by atoms with Crippen LogP contribution in [0.1, 0.15) is 26.2 Å². The molecule has 1 saturated heterocycles. The second-order valence-corrected chi connectivity index (χ2v) is 3.91. The fourth-order valence-corrected chi connectivity index (χ4v) is 1.70. The van der Waals surface area contributed by atoms with E-state index in [-0.39, 0.29) is 17.9 Å². The van der Waals surface area contributed by atoms with Crippen molar-refractivity contribution < 1.29 is 14.3 Å². The van der Waals surface area contributed by atoms with E-state index in [1.165, 1.54) is 0 Å². The zero-order chi connectivity index (χ0) is 11.1. The highest BCUT2D eigenvalue weighted by Gasteiger charge is 2.34. The van der Waals surface area contributed by atoms with Crippen molar-refractivity contribution in [3.05, 3.63) is 0 Å². The quantitative estimate of drug-likeness (QED) is 0.529. The molecule has 0 radical (unpaired) electrons. The van der Waals surface area contributed by atoms with Crippen LogP contribution in [0.25, 0.3) is 0 Å². The first-order valence-electron chi connectivity index (χ1n) is 5.71. The average molecular weight is 215 g/mol. The zero-order valence-corrected chi connectivity index (χ0v) is 9.62. The topological polar surface area (TPSA) is 47.6 Å². The molecule has 88 valence electrons. The number of nitrogens with one attached hydrogen (secondary N) is 1. The summed E-state index contributed by atoms with van der Waals surface area (Å²) in [6.45, 7) is 3.76. The van der Waals surface area contributed by atoms with Gasteiger partial charge in [-0.2, -0.15) is 0 Å². The molecule has 0 bridgehead atoms. The van der Waals surface area contributed by atoms with E-state index in [0.29, 0.717) is 19.8 Å².